The van der Waals surface area contributed by atoms with Crippen LogP contribution in [0.2, 0.25) is 0 Å². The molecule has 2 heterocycles. The number of rotatable bonds is 5. The number of benzene rings is 2. The number of anilines is 1. The van der Waals surface area contributed by atoms with Crippen molar-refractivity contribution in [2.24, 2.45) is 0 Å². The van der Waals surface area contributed by atoms with E-state index in [1.54, 1.807) is 11.8 Å². The number of alkyl halides is 1. The topological polar surface area (TPSA) is 45.6 Å². The molecule has 0 radical (unpaired) electrons. The Morgan fingerprint density at radius 3 is 2.25 bits per heavy atom. The first-order valence-corrected chi connectivity index (χ1v) is 11.3. The van der Waals surface area contributed by atoms with Gasteiger partial charge in [-0.3, -0.25) is 14.5 Å². The van der Waals surface area contributed by atoms with Crippen molar-refractivity contribution in [3.63, 3.8) is 0 Å². The summed E-state index contributed by atoms with van der Waals surface area (Å²) in [6.07, 6.45) is 2.02. The van der Waals surface area contributed by atoms with Gasteiger partial charge >= 0.3 is 0 Å². The number of hydrogen-bond acceptors (Lipinski definition) is 2. The number of carbonyl (C=O) groups excluding carboxylic acids is 2. The lowest BCUT2D eigenvalue weighted by Crippen LogP contribution is -2.50. The minimum Gasteiger partial charge on any atom is -0.330 e. The third kappa shape index (κ3) is 3.93. The summed E-state index contributed by atoms with van der Waals surface area (Å²) in [7, 11) is 0. The van der Waals surface area contributed by atoms with Crippen molar-refractivity contribution in [3.05, 3.63) is 83.7 Å². The molecule has 0 saturated carbocycles. The first-order chi connectivity index (χ1) is 15.3. The lowest BCUT2D eigenvalue weighted by atomic mass is 9.97. The number of hydrogen-bond donors (Lipinski definition) is 0. The molecule has 0 N–H and O–H groups in total. The molecule has 0 bridgehead atoms. The summed E-state index contributed by atoms with van der Waals surface area (Å²) in [5, 5.41) is -0.691. The van der Waals surface area contributed by atoms with E-state index in [1.165, 1.54) is 0 Å². The number of carbonyl (C=O) groups is 2. The molecular weight excluding hydrogens is 422 g/mol. The highest BCUT2D eigenvalue weighted by molar-refractivity contribution is 6.30. The largest absolute Gasteiger partial charge is 0.330 e. The van der Waals surface area contributed by atoms with Gasteiger partial charge in [-0.15, -0.1) is 11.6 Å². The van der Waals surface area contributed by atoms with Crippen LogP contribution in [0.25, 0.3) is 5.69 Å². The minimum atomic E-state index is -0.691. The maximum Gasteiger partial charge on any atom is 0.247 e. The van der Waals surface area contributed by atoms with Crippen molar-refractivity contribution < 1.29 is 9.59 Å². The van der Waals surface area contributed by atoms with Gasteiger partial charge in [-0.2, -0.15) is 0 Å². The van der Waals surface area contributed by atoms with E-state index < -0.39 is 5.38 Å². The Morgan fingerprint density at radius 1 is 0.969 bits per heavy atom. The zero-order valence-corrected chi connectivity index (χ0v) is 19.6. The Bertz CT molecular complexity index is 1130. The molecule has 1 aliphatic rings. The summed E-state index contributed by atoms with van der Waals surface area (Å²) in [5.74, 6) is -0.384. The van der Waals surface area contributed by atoms with Crippen molar-refractivity contribution in [2.45, 2.75) is 45.2 Å². The van der Waals surface area contributed by atoms with Gasteiger partial charge < -0.3 is 9.47 Å². The van der Waals surface area contributed by atoms with E-state index in [0.717, 1.165) is 28.2 Å². The fourth-order valence-electron chi connectivity index (χ4n) is 4.29. The molecule has 2 aromatic carbocycles. The summed E-state index contributed by atoms with van der Waals surface area (Å²) in [5.41, 5.74) is 4.95. The predicted molar refractivity (Wildman–Crippen MR) is 128 cm³/mol. The molecule has 0 spiro atoms. The molecule has 3 aromatic rings. The Hall–Kier alpha value is -3.05. The van der Waals surface area contributed by atoms with E-state index in [2.05, 4.69) is 28.8 Å². The van der Waals surface area contributed by atoms with Crippen LogP contribution in [0.1, 0.15) is 43.6 Å². The number of fused-ring (bicyclic) bond motifs is 3. The highest BCUT2D eigenvalue weighted by Gasteiger charge is 2.37. The lowest BCUT2D eigenvalue weighted by molar-refractivity contribution is -0.136. The van der Waals surface area contributed by atoms with E-state index in [-0.39, 0.29) is 30.4 Å². The van der Waals surface area contributed by atoms with Crippen LogP contribution in [-0.4, -0.2) is 39.2 Å². The number of nitrogens with zero attached hydrogens (tertiary/aromatic N) is 3. The van der Waals surface area contributed by atoms with Crippen LogP contribution in [0.15, 0.2) is 66.9 Å². The second-order valence-corrected chi connectivity index (χ2v) is 9.20. The number of amides is 2. The number of para-hydroxylation sites is 2. The third-order valence-corrected chi connectivity index (χ3v) is 6.12. The van der Waals surface area contributed by atoms with Crippen LogP contribution in [0, 0.1) is 6.92 Å². The van der Waals surface area contributed by atoms with E-state index in [1.807, 2.05) is 68.3 Å². The average molecular weight is 450 g/mol. The SMILES string of the molecule is Cc1ccc(C2c3cccn3-c3ccccc3N2C(=O)CN(C(=O)C(C)Cl)C(C)C)cc1. The van der Waals surface area contributed by atoms with Crippen LogP contribution in [-0.2, 0) is 9.59 Å². The second kappa shape index (κ2) is 8.83. The summed E-state index contributed by atoms with van der Waals surface area (Å²) < 4.78 is 2.13. The number of aromatic nitrogens is 1. The van der Waals surface area contributed by atoms with Gasteiger partial charge in [0, 0.05) is 12.2 Å². The third-order valence-electron chi connectivity index (χ3n) is 5.93. The molecule has 0 saturated heterocycles. The summed E-state index contributed by atoms with van der Waals surface area (Å²) in [4.78, 5) is 30.0. The quantitative estimate of drug-likeness (QED) is 0.509. The average Bonchev–Trinajstić information content (AvgIpc) is 3.26. The van der Waals surface area contributed by atoms with Crippen molar-refractivity contribution in [3.8, 4) is 5.69 Å². The smallest absolute Gasteiger partial charge is 0.247 e. The van der Waals surface area contributed by atoms with Gasteiger partial charge in [0.25, 0.3) is 0 Å². The molecule has 166 valence electrons. The van der Waals surface area contributed by atoms with Crippen molar-refractivity contribution in [1.82, 2.24) is 9.47 Å². The van der Waals surface area contributed by atoms with Crippen LogP contribution >= 0.6 is 11.6 Å². The fraction of sp³-hybridized carbons (Fsp3) is 0.308. The minimum absolute atomic E-state index is 0.0367. The van der Waals surface area contributed by atoms with Gasteiger partial charge in [0.15, 0.2) is 0 Å². The molecule has 32 heavy (non-hydrogen) atoms. The molecule has 0 aliphatic carbocycles. The molecule has 1 aliphatic heterocycles. The van der Waals surface area contributed by atoms with Crippen LogP contribution in [0.4, 0.5) is 5.69 Å². The van der Waals surface area contributed by atoms with Gasteiger partial charge in [-0.1, -0.05) is 42.0 Å². The number of aryl methyl sites for hydroxylation is 1. The van der Waals surface area contributed by atoms with Gasteiger partial charge in [0.2, 0.25) is 11.8 Å². The molecule has 1 aromatic heterocycles. The summed E-state index contributed by atoms with van der Waals surface area (Å²) in [6.45, 7) is 7.45. The van der Waals surface area contributed by atoms with Crippen molar-refractivity contribution in [1.29, 1.82) is 0 Å². The zero-order valence-electron chi connectivity index (χ0n) is 18.8. The maximum absolute atomic E-state index is 13.9. The first kappa shape index (κ1) is 22.2. The Kier molecular flexibility index (Phi) is 6.11. The van der Waals surface area contributed by atoms with E-state index in [9.17, 15) is 9.59 Å². The predicted octanol–water partition coefficient (Wildman–Crippen LogP) is 5.09. The Morgan fingerprint density at radius 2 is 1.62 bits per heavy atom. The first-order valence-electron chi connectivity index (χ1n) is 10.9. The Balaban J connectivity index is 1.82. The monoisotopic (exact) mass is 449 g/mol. The molecule has 2 unspecified atom stereocenters. The molecule has 2 amide bonds. The van der Waals surface area contributed by atoms with Crippen molar-refractivity contribution in [2.75, 3.05) is 11.4 Å². The van der Waals surface area contributed by atoms with Gasteiger partial charge in [0.05, 0.1) is 17.1 Å². The van der Waals surface area contributed by atoms with Gasteiger partial charge in [-0.25, -0.2) is 0 Å². The fourth-order valence-corrected chi connectivity index (χ4v) is 4.42. The van der Waals surface area contributed by atoms with E-state index in [4.69, 9.17) is 11.6 Å². The molecule has 0 fully saturated rings. The Labute approximate surface area is 194 Å². The highest BCUT2D eigenvalue weighted by atomic mass is 35.5. The summed E-state index contributed by atoms with van der Waals surface area (Å²) >= 11 is 6.09. The normalized spacial score (nSPS) is 15.8. The zero-order chi connectivity index (χ0) is 23.0. The van der Waals surface area contributed by atoms with E-state index in [0.29, 0.717) is 0 Å². The maximum atomic E-state index is 13.9. The van der Waals surface area contributed by atoms with Gasteiger partial charge in [-0.05, 0) is 57.5 Å². The molecule has 6 heteroatoms. The molecule has 4 rings (SSSR count). The van der Waals surface area contributed by atoms with Crippen LogP contribution < -0.4 is 4.90 Å². The molecular formula is C26H28ClN3O2. The highest BCUT2D eigenvalue weighted by Crippen LogP contribution is 2.42. The molecule has 5 nitrogen and oxygen atoms in total. The summed E-state index contributed by atoms with van der Waals surface area (Å²) in [6, 6.07) is 19.7. The molecule has 2 atom stereocenters. The van der Waals surface area contributed by atoms with E-state index >= 15 is 0 Å². The van der Waals surface area contributed by atoms with Gasteiger partial charge in [0.1, 0.15) is 18.0 Å². The van der Waals surface area contributed by atoms with Crippen LogP contribution in [0.3, 0.4) is 0 Å². The number of halogens is 1. The lowest BCUT2D eigenvalue weighted by Gasteiger charge is -2.40. The van der Waals surface area contributed by atoms with Crippen LogP contribution in [0.5, 0.6) is 0 Å². The van der Waals surface area contributed by atoms with Crippen molar-refractivity contribution >= 4 is 29.1 Å². The second-order valence-electron chi connectivity index (χ2n) is 8.54. The standard InChI is InChI=1S/C26H28ClN3O2/c1-17(2)29(26(32)19(4)27)16-24(31)30-22-9-6-5-8-21(22)28-15-7-10-23(28)25(30)20-13-11-18(3)12-14-20/h5-15,17,19,25H,16H2,1-4H3.